The van der Waals surface area contributed by atoms with Gasteiger partial charge in [0.2, 0.25) is 0 Å². The molecule has 5 nitrogen and oxygen atoms in total. The molecule has 0 aromatic rings. The van der Waals surface area contributed by atoms with Crippen molar-refractivity contribution in [2.45, 2.75) is 207 Å². The molecule has 0 aliphatic rings. The first-order valence-electron chi connectivity index (χ1n) is 18.1. The smallest absolute Gasteiger partial charge is 0.281 e. The summed E-state index contributed by atoms with van der Waals surface area (Å²) in [4.78, 5) is 17.5. The first kappa shape index (κ1) is 40.4. The molecule has 0 aliphatic heterocycles. The lowest BCUT2D eigenvalue weighted by atomic mass is 9.94. The van der Waals surface area contributed by atoms with Crippen LogP contribution >= 0.6 is 0 Å². The quantitative estimate of drug-likeness (QED) is 0.0424. The Morgan fingerprint density at radius 1 is 0.463 bits per heavy atom. The fourth-order valence-electron chi connectivity index (χ4n) is 5.56. The van der Waals surface area contributed by atoms with Crippen molar-refractivity contribution in [3.8, 4) is 0 Å². The van der Waals surface area contributed by atoms with Gasteiger partial charge in [-0.15, -0.1) is 0 Å². The average Bonchev–Trinajstić information content (AvgIpc) is 2.96. The molecule has 0 aromatic carbocycles. The highest BCUT2D eigenvalue weighted by Gasteiger charge is 2.23. The van der Waals surface area contributed by atoms with E-state index in [4.69, 9.17) is 9.22 Å². The maximum absolute atomic E-state index is 12.6. The Morgan fingerprint density at radius 3 is 1.12 bits per heavy atom. The molecule has 0 rings (SSSR count). The van der Waals surface area contributed by atoms with Crippen molar-refractivity contribution in [1.29, 1.82) is 0 Å². The Balaban J connectivity index is 3.89. The van der Waals surface area contributed by atoms with Gasteiger partial charge in [0.1, 0.15) is 0 Å². The van der Waals surface area contributed by atoms with Crippen molar-refractivity contribution in [2.75, 3.05) is 5.75 Å². The number of rotatable bonds is 33. The lowest BCUT2D eigenvalue weighted by molar-refractivity contribution is -0.216. The third-order valence-electron chi connectivity index (χ3n) is 8.36. The van der Waals surface area contributed by atoms with Crippen molar-refractivity contribution < 1.29 is 22.4 Å². The van der Waals surface area contributed by atoms with Crippen LogP contribution in [0.2, 0.25) is 0 Å². The van der Waals surface area contributed by atoms with E-state index < -0.39 is 16.1 Å². The lowest BCUT2D eigenvalue weighted by Gasteiger charge is -2.15. The zero-order valence-corrected chi connectivity index (χ0v) is 28.6. The van der Waals surface area contributed by atoms with E-state index in [2.05, 4.69) is 20.8 Å². The van der Waals surface area contributed by atoms with Crippen LogP contribution in [0.5, 0.6) is 0 Å². The van der Waals surface area contributed by atoms with E-state index in [1.807, 2.05) is 0 Å². The second kappa shape index (κ2) is 30.8. The van der Waals surface area contributed by atoms with Gasteiger partial charge in [0.25, 0.3) is 0 Å². The van der Waals surface area contributed by atoms with Crippen LogP contribution in [0.3, 0.4) is 0 Å². The van der Waals surface area contributed by atoms with E-state index >= 15 is 0 Å². The van der Waals surface area contributed by atoms with E-state index in [-0.39, 0.29) is 11.7 Å². The van der Waals surface area contributed by atoms with Crippen LogP contribution in [0, 0.1) is 5.92 Å². The van der Waals surface area contributed by atoms with Crippen molar-refractivity contribution in [1.82, 2.24) is 0 Å². The summed E-state index contributed by atoms with van der Waals surface area (Å²) >= 11 is 0. The highest BCUT2D eigenvalue weighted by atomic mass is 32.2. The Bertz CT molecular complexity index is 649. The van der Waals surface area contributed by atoms with Crippen molar-refractivity contribution >= 4 is 16.1 Å². The Labute approximate surface area is 256 Å². The van der Waals surface area contributed by atoms with Crippen LogP contribution < -0.4 is 0 Å². The molecule has 0 aliphatic carbocycles. The summed E-state index contributed by atoms with van der Waals surface area (Å²) in [7, 11) is -3.84. The molecule has 0 spiro atoms. The highest BCUT2D eigenvalue weighted by Crippen LogP contribution is 2.21. The maximum atomic E-state index is 12.6. The number of hydrogen-bond donors (Lipinski definition) is 0. The summed E-state index contributed by atoms with van der Waals surface area (Å²) in [6.45, 7) is 6.64. The molecular weight excluding hydrogens is 532 g/mol. The summed E-state index contributed by atoms with van der Waals surface area (Å²) < 4.78 is 29.3. The van der Waals surface area contributed by atoms with E-state index in [9.17, 15) is 13.2 Å². The summed E-state index contributed by atoms with van der Waals surface area (Å²) in [5.41, 5.74) is 0. The van der Waals surface area contributed by atoms with E-state index in [0.29, 0.717) is 6.42 Å². The van der Waals surface area contributed by atoms with Gasteiger partial charge in [0, 0.05) is 0 Å². The molecule has 1 unspecified atom stereocenters. The minimum Gasteiger partial charge on any atom is -0.281 e. The molecule has 0 radical (unpaired) electrons. The Morgan fingerprint density at radius 2 is 0.756 bits per heavy atom. The van der Waals surface area contributed by atoms with Gasteiger partial charge in [-0.05, 0) is 19.3 Å². The molecule has 1 atom stereocenters. The third-order valence-corrected chi connectivity index (χ3v) is 9.43. The summed E-state index contributed by atoms with van der Waals surface area (Å²) in [5, 5.41) is 0. The second-order valence-electron chi connectivity index (χ2n) is 12.5. The molecule has 41 heavy (non-hydrogen) atoms. The van der Waals surface area contributed by atoms with Crippen molar-refractivity contribution in [2.24, 2.45) is 5.92 Å². The van der Waals surface area contributed by atoms with Crippen LogP contribution in [0.4, 0.5) is 0 Å². The first-order valence-corrected chi connectivity index (χ1v) is 19.7. The summed E-state index contributed by atoms with van der Waals surface area (Å²) in [6, 6.07) is 0. The largest absolute Gasteiger partial charge is 0.346 e. The predicted octanol–water partition coefficient (Wildman–Crippen LogP) is 11.8. The van der Waals surface area contributed by atoms with E-state index in [1.165, 1.54) is 109 Å². The molecule has 246 valence electrons. The normalized spacial score (nSPS) is 12.6. The SMILES string of the molecule is CCCCCCCCCCCCCCCCCCCS(=O)(=O)OOC(=O)C(CCCCCC)CCCCCCCC. The maximum Gasteiger partial charge on any atom is 0.346 e. The summed E-state index contributed by atoms with van der Waals surface area (Å²) in [6.07, 6.45) is 34.2. The fraction of sp³-hybridized carbons (Fsp3) is 0.971. The molecular formula is C35H70O5S. The molecule has 0 aromatic heterocycles. The second-order valence-corrected chi connectivity index (χ2v) is 14.2. The molecule has 0 heterocycles. The molecule has 0 amide bonds. The van der Waals surface area contributed by atoms with Gasteiger partial charge in [-0.3, -0.25) is 4.89 Å². The molecule has 0 bridgehead atoms. The first-order chi connectivity index (χ1) is 20.0. The number of carbonyl (C=O) groups excluding carboxylic acids is 1. The van der Waals surface area contributed by atoms with Crippen LogP contribution in [-0.4, -0.2) is 20.1 Å². The van der Waals surface area contributed by atoms with Gasteiger partial charge in [-0.25, -0.2) is 4.79 Å². The van der Waals surface area contributed by atoms with E-state index in [0.717, 1.165) is 70.6 Å². The van der Waals surface area contributed by atoms with Crippen LogP contribution in [0.25, 0.3) is 0 Å². The number of unbranched alkanes of at least 4 members (excludes halogenated alkanes) is 24. The lowest BCUT2D eigenvalue weighted by Crippen LogP contribution is -2.21. The highest BCUT2D eigenvalue weighted by molar-refractivity contribution is 7.86. The fourth-order valence-corrected chi connectivity index (χ4v) is 6.36. The summed E-state index contributed by atoms with van der Waals surface area (Å²) in [5.74, 6) is -0.869. The van der Waals surface area contributed by atoms with Gasteiger partial charge >= 0.3 is 16.1 Å². The molecule has 0 fully saturated rings. The molecule has 0 saturated heterocycles. The Kier molecular flexibility index (Phi) is 30.4. The zero-order chi connectivity index (χ0) is 30.3. The van der Waals surface area contributed by atoms with E-state index in [1.54, 1.807) is 0 Å². The number of hydrogen-bond acceptors (Lipinski definition) is 5. The zero-order valence-electron chi connectivity index (χ0n) is 27.7. The van der Waals surface area contributed by atoms with Gasteiger partial charge < -0.3 is 0 Å². The monoisotopic (exact) mass is 602 g/mol. The predicted molar refractivity (Wildman–Crippen MR) is 175 cm³/mol. The third kappa shape index (κ3) is 29.2. The minimum atomic E-state index is -3.84. The van der Waals surface area contributed by atoms with Gasteiger partial charge in [0.05, 0.1) is 11.7 Å². The number of carbonyl (C=O) groups is 1. The van der Waals surface area contributed by atoms with Gasteiger partial charge in [-0.1, -0.05) is 192 Å². The topological polar surface area (TPSA) is 69.7 Å². The molecule has 0 saturated carbocycles. The minimum absolute atomic E-state index is 0.0858. The van der Waals surface area contributed by atoms with Gasteiger partial charge in [-0.2, -0.15) is 8.42 Å². The Hall–Kier alpha value is -0.620. The van der Waals surface area contributed by atoms with Crippen molar-refractivity contribution in [3.05, 3.63) is 0 Å². The standard InChI is InChI=1S/C35H70O5S/c1-4-7-10-13-15-16-17-18-19-20-21-22-23-24-25-27-30-33-41(37,38)40-39-35(36)34(31-28-12-9-6-3)32-29-26-14-11-8-5-2/h34H,4-33H2,1-3H3. The van der Waals surface area contributed by atoms with Gasteiger partial charge in [0.15, 0.2) is 0 Å². The molecule has 6 heteroatoms. The molecule has 0 N–H and O–H groups in total. The average molecular weight is 603 g/mol. The van der Waals surface area contributed by atoms with Crippen LogP contribution in [-0.2, 0) is 24.1 Å². The van der Waals surface area contributed by atoms with Crippen LogP contribution in [0.1, 0.15) is 207 Å². The van der Waals surface area contributed by atoms with Crippen molar-refractivity contribution in [3.63, 3.8) is 0 Å². The van der Waals surface area contributed by atoms with Crippen LogP contribution in [0.15, 0.2) is 0 Å².